The molecule has 0 saturated carbocycles. The molecule has 7 heteroatoms. The van der Waals surface area contributed by atoms with Crippen LogP contribution in [0.1, 0.15) is 13.3 Å². The van der Waals surface area contributed by atoms with Gasteiger partial charge in [-0.3, -0.25) is 5.41 Å². The van der Waals surface area contributed by atoms with Crippen molar-refractivity contribution in [2.75, 3.05) is 23.7 Å². The molecule has 6 nitrogen and oxygen atoms in total. The van der Waals surface area contributed by atoms with Crippen LogP contribution >= 0.6 is 11.6 Å². The molecule has 1 aliphatic rings. The normalized spacial score (nSPS) is 15.9. The molecule has 1 aliphatic carbocycles. The van der Waals surface area contributed by atoms with E-state index in [0.29, 0.717) is 6.54 Å². The van der Waals surface area contributed by atoms with E-state index in [9.17, 15) is 0 Å². The van der Waals surface area contributed by atoms with E-state index >= 15 is 0 Å². The summed E-state index contributed by atoms with van der Waals surface area (Å²) in [6, 6.07) is 13.0. The van der Waals surface area contributed by atoms with Crippen molar-refractivity contribution < 1.29 is 0 Å². The number of allylic oxidation sites excluding steroid dienone is 2. The molecule has 0 spiro atoms. The Morgan fingerprint density at radius 2 is 1.79 bits per heavy atom. The molecule has 0 amide bonds. The van der Waals surface area contributed by atoms with Crippen molar-refractivity contribution >= 4 is 51.1 Å². The molecule has 0 fully saturated rings. The lowest BCUT2D eigenvalue weighted by molar-refractivity contribution is 0.861. The van der Waals surface area contributed by atoms with Gasteiger partial charge in [-0.05, 0) is 48.9 Å². The Morgan fingerprint density at radius 1 is 1.17 bits per heavy atom. The van der Waals surface area contributed by atoms with Gasteiger partial charge in [-0.1, -0.05) is 23.8 Å². The van der Waals surface area contributed by atoms with Crippen molar-refractivity contribution in [3.8, 4) is 0 Å². The highest BCUT2D eigenvalue weighted by atomic mass is 35.5. The van der Waals surface area contributed by atoms with Gasteiger partial charge in [0.05, 0.1) is 6.34 Å². The summed E-state index contributed by atoms with van der Waals surface area (Å²) in [6.07, 6.45) is 5.83. The Hall–Kier alpha value is -2.96. The van der Waals surface area contributed by atoms with Gasteiger partial charge in [-0.15, -0.1) is 0 Å². The van der Waals surface area contributed by atoms with Crippen LogP contribution in [-0.2, 0) is 0 Å². The van der Waals surface area contributed by atoms with E-state index in [1.165, 1.54) is 10.8 Å². The molecule has 0 aliphatic heterocycles. The largest absolute Gasteiger partial charge is 0.390 e. The molecule has 0 bridgehead atoms. The minimum absolute atomic E-state index is 0.218. The Balaban J connectivity index is 0.000000755. The van der Waals surface area contributed by atoms with E-state index in [1.54, 1.807) is 0 Å². The second-order valence-corrected chi connectivity index (χ2v) is 7.39. The van der Waals surface area contributed by atoms with Gasteiger partial charge in [-0.25, -0.2) is 0 Å². The van der Waals surface area contributed by atoms with Gasteiger partial charge in [0, 0.05) is 63.8 Å². The third-order valence-corrected chi connectivity index (χ3v) is 5.28. The Kier molecular flexibility index (Phi) is 6.80. The molecule has 2 aromatic carbocycles. The van der Waals surface area contributed by atoms with Gasteiger partial charge in [-0.2, -0.15) is 0 Å². The van der Waals surface area contributed by atoms with E-state index in [-0.39, 0.29) is 6.04 Å². The lowest BCUT2D eigenvalue weighted by atomic mass is 10.0. The summed E-state index contributed by atoms with van der Waals surface area (Å²) in [5, 5.41) is 16.1. The molecular weight excluding hydrogens is 384 g/mol. The van der Waals surface area contributed by atoms with Gasteiger partial charge in [0.15, 0.2) is 0 Å². The van der Waals surface area contributed by atoms with Crippen LogP contribution in [0.4, 0.5) is 11.4 Å². The number of aromatic amines is 1. The number of nitrogens with two attached hydrogens (primary N) is 2. The topological polar surface area (TPSA) is 116 Å². The number of nitrogens with one attached hydrogen (secondary N) is 4. The second kappa shape index (κ2) is 9.49. The molecule has 29 heavy (non-hydrogen) atoms. The van der Waals surface area contributed by atoms with E-state index in [0.717, 1.165) is 52.3 Å². The standard InChI is InChI=1S/C21H23ClN4.CH4N2/c1-13-2-3-16(12-19(13)22)25-15-5-7-21-18(11-15)17-10-14(24-9-8-23)4-6-20(17)26-21;2-1-3/h2-7,10-11,16,24-26H,8-9,12,23H2,1H3;1H,(H3,2,3). The highest BCUT2D eigenvalue weighted by molar-refractivity contribution is 6.30. The zero-order valence-electron chi connectivity index (χ0n) is 16.4. The van der Waals surface area contributed by atoms with Crippen LogP contribution < -0.4 is 22.1 Å². The quantitative estimate of drug-likeness (QED) is 0.274. The van der Waals surface area contributed by atoms with Gasteiger partial charge in [0.25, 0.3) is 0 Å². The number of halogens is 1. The number of H-pyrrole nitrogens is 1. The summed E-state index contributed by atoms with van der Waals surface area (Å²) in [6.45, 7) is 3.43. The number of aromatic nitrogens is 1. The van der Waals surface area contributed by atoms with Gasteiger partial charge >= 0.3 is 0 Å². The predicted molar refractivity (Wildman–Crippen MR) is 126 cm³/mol. The smallest absolute Gasteiger partial charge is 0.0765 e. The molecule has 8 N–H and O–H groups in total. The van der Waals surface area contributed by atoms with E-state index in [4.69, 9.17) is 22.7 Å². The molecule has 4 rings (SSSR count). The molecule has 1 aromatic heterocycles. The Bertz CT molecular complexity index is 1070. The van der Waals surface area contributed by atoms with E-state index in [1.807, 2.05) is 6.92 Å². The predicted octanol–water partition coefficient (Wildman–Crippen LogP) is 4.50. The van der Waals surface area contributed by atoms with Crippen LogP contribution in [0.2, 0.25) is 0 Å². The fourth-order valence-electron chi connectivity index (χ4n) is 3.40. The van der Waals surface area contributed by atoms with Crippen molar-refractivity contribution in [2.45, 2.75) is 19.4 Å². The zero-order valence-corrected chi connectivity index (χ0v) is 17.2. The number of rotatable bonds is 5. The minimum Gasteiger partial charge on any atom is -0.390 e. The van der Waals surface area contributed by atoms with Crippen LogP contribution in [0.25, 0.3) is 21.8 Å². The molecule has 152 valence electrons. The summed E-state index contributed by atoms with van der Waals surface area (Å²) in [4.78, 5) is 3.48. The second-order valence-electron chi connectivity index (χ2n) is 6.93. The number of benzene rings is 2. The van der Waals surface area contributed by atoms with Crippen molar-refractivity contribution in [1.29, 1.82) is 5.41 Å². The summed E-state index contributed by atoms with van der Waals surface area (Å²) in [7, 11) is 0. The molecule has 3 aromatic rings. The van der Waals surface area contributed by atoms with Gasteiger partial charge < -0.3 is 27.1 Å². The SMILES string of the molecule is CC1=C(Cl)CC(Nc2ccc3[nH]c4ccc(NCCN)cc4c3c2)C=C1.N=CN. The highest BCUT2D eigenvalue weighted by Crippen LogP contribution is 2.31. The fraction of sp³-hybridized carbons (Fsp3) is 0.227. The van der Waals surface area contributed by atoms with E-state index in [2.05, 4.69) is 69.9 Å². The highest BCUT2D eigenvalue weighted by Gasteiger charge is 2.13. The zero-order chi connectivity index (χ0) is 20.8. The van der Waals surface area contributed by atoms with Crippen LogP contribution in [0.3, 0.4) is 0 Å². The first kappa shape index (κ1) is 20.8. The lowest BCUT2D eigenvalue weighted by Crippen LogP contribution is -2.19. The molecule has 1 heterocycles. The maximum Gasteiger partial charge on any atom is 0.0765 e. The number of hydrogen-bond donors (Lipinski definition) is 6. The van der Waals surface area contributed by atoms with Crippen LogP contribution in [0.15, 0.2) is 59.2 Å². The monoisotopic (exact) mass is 410 g/mol. The number of anilines is 2. The van der Waals surface area contributed by atoms with Crippen molar-refractivity contribution in [1.82, 2.24) is 4.98 Å². The van der Waals surface area contributed by atoms with Gasteiger partial charge in [0.1, 0.15) is 0 Å². The number of hydrogen-bond acceptors (Lipinski definition) is 4. The maximum atomic E-state index is 6.31. The summed E-state index contributed by atoms with van der Waals surface area (Å²) >= 11 is 6.31. The average Bonchev–Trinajstić information content (AvgIpc) is 3.07. The van der Waals surface area contributed by atoms with Crippen LogP contribution in [0, 0.1) is 5.41 Å². The van der Waals surface area contributed by atoms with Crippen LogP contribution in [0.5, 0.6) is 0 Å². The van der Waals surface area contributed by atoms with Crippen molar-refractivity contribution in [3.63, 3.8) is 0 Å². The maximum absolute atomic E-state index is 6.31. The first-order valence-corrected chi connectivity index (χ1v) is 9.93. The van der Waals surface area contributed by atoms with Crippen molar-refractivity contribution in [3.05, 3.63) is 59.2 Å². The first-order valence-electron chi connectivity index (χ1n) is 9.55. The van der Waals surface area contributed by atoms with Gasteiger partial charge in [0.2, 0.25) is 0 Å². The first-order chi connectivity index (χ1) is 14.0. The third-order valence-electron chi connectivity index (χ3n) is 4.83. The summed E-state index contributed by atoms with van der Waals surface area (Å²) in [5.41, 5.74) is 15.6. The lowest BCUT2D eigenvalue weighted by Gasteiger charge is -2.20. The Labute approximate surface area is 175 Å². The van der Waals surface area contributed by atoms with E-state index < -0.39 is 0 Å². The molecule has 1 atom stereocenters. The molecule has 1 unspecified atom stereocenters. The fourth-order valence-corrected chi connectivity index (χ4v) is 3.63. The minimum atomic E-state index is 0.218. The molecule has 0 radical (unpaired) electrons. The summed E-state index contributed by atoms with van der Waals surface area (Å²) in [5.74, 6) is 0. The molecular formula is C22H27ClN6. The molecule has 0 saturated heterocycles. The Morgan fingerprint density at radius 3 is 2.41 bits per heavy atom. The van der Waals surface area contributed by atoms with Crippen molar-refractivity contribution in [2.24, 2.45) is 11.5 Å². The summed E-state index contributed by atoms with van der Waals surface area (Å²) < 4.78 is 0. The average molecular weight is 411 g/mol. The third kappa shape index (κ3) is 4.91. The number of fused-ring (bicyclic) bond motifs is 3. The van der Waals surface area contributed by atoms with Crippen LogP contribution in [-0.4, -0.2) is 30.5 Å².